The topological polar surface area (TPSA) is 71.1 Å². The SMILES string of the molecule is COC(=O)N(c1c(Cl)cccc1Cl)c1nccc2[nH]cnc12. The monoisotopic (exact) mass is 336 g/mol. The third kappa shape index (κ3) is 2.36. The van der Waals surface area contributed by atoms with Crippen LogP contribution in [0, 0.1) is 0 Å². The molecule has 112 valence electrons. The zero-order chi connectivity index (χ0) is 15.7. The van der Waals surface area contributed by atoms with Gasteiger partial charge in [0.15, 0.2) is 5.82 Å². The predicted octanol–water partition coefficient (Wildman–Crippen LogP) is 4.17. The highest BCUT2D eigenvalue weighted by Gasteiger charge is 2.27. The van der Waals surface area contributed by atoms with Gasteiger partial charge in [0.2, 0.25) is 0 Å². The summed E-state index contributed by atoms with van der Waals surface area (Å²) >= 11 is 12.4. The molecule has 1 amide bonds. The summed E-state index contributed by atoms with van der Waals surface area (Å²) in [6.45, 7) is 0. The van der Waals surface area contributed by atoms with Gasteiger partial charge in [0.1, 0.15) is 5.52 Å². The molecule has 0 saturated carbocycles. The first kappa shape index (κ1) is 14.6. The lowest BCUT2D eigenvalue weighted by Gasteiger charge is -2.22. The molecule has 8 heteroatoms. The van der Waals surface area contributed by atoms with E-state index in [0.717, 1.165) is 5.52 Å². The Morgan fingerprint density at radius 2 is 1.95 bits per heavy atom. The molecule has 0 bridgehead atoms. The number of carbonyl (C=O) groups is 1. The maximum Gasteiger partial charge on any atom is 0.420 e. The van der Waals surface area contributed by atoms with E-state index in [-0.39, 0.29) is 5.82 Å². The van der Waals surface area contributed by atoms with Crippen molar-refractivity contribution in [2.45, 2.75) is 0 Å². The number of methoxy groups -OCH3 is 1. The molecule has 0 unspecified atom stereocenters. The van der Waals surface area contributed by atoms with Gasteiger partial charge in [-0.25, -0.2) is 19.7 Å². The summed E-state index contributed by atoms with van der Waals surface area (Å²) in [4.78, 5) is 24.9. The van der Waals surface area contributed by atoms with Gasteiger partial charge in [0, 0.05) is 6.20 Å². The van der Waals surface area contributed by atoms with Crippen molar-refractivity contribution in [2.24, 2.45) is 0 Å². The molecule has 3 rings (SSSR count). The average Bonchev–Trinajstić information content (AvgIpc) is 2.99. The Kier molecular flexibility index (Phi) is 3.87. The summed E-state index contributed by atoms with van der Waals surface area (Å²) in [6.07, 6.45) is 2.40. The molecule has 2 aromatic heterocycles. The number of pyridine rings is 1. The number of benzene rings is 1. The third-order valence-corrected chi connectivity index (χ3v) is 3.66. The minimum atomic E-state index is -0.669. The summed E-state index contributed by atoms with van der Waals surface area (Å²) < 4.78 is 4.85. The molecule has 0 fully saturated rings. The second-order valence-corrected chi connectivity index (χ2v) is 5.12. The number of H-pyrrole nitrogens is 1. The van der Waals surface area contributed by atoms with Crippen LogP contribution in [-0.2, 0) is 4.74 Å². The van der Waals surface area contributed by atoms with Crippen LogP contribution in [0.2, 0.25) is 10.0 Å². The largest absolute Gasteiger partial charge is 0.452 e. The van der Waals surface area contributed by atoms with E-state index in [4.69, 9.17) is 27.9 Å². The molecule has 6 nitrogen and oxygen atoms in total. The number of fused-ring (bicyclic) bond motifs is 1. The molecule has 0 aliphatic carbocycles. The zero-order valence-corrected chi connectivity index (χ0v) is 12.9. The van der Waals surface area contributed by atoms with Gasteiger partial charge in [-0.3, -0.25) is 0 Å². The Balaban J connectivity index is 2.28. The van der Waals surface area contributed by atoms with E-state index in [1.807, 2.05) is 0 Å². The number of carbonyl (C=O) groups excluding carboxylic acids is 1. The van der Waals surface area contributed by atoms with Gasteiger partial charge in [-0.15, -0.1) is 0 Å². The minimum Gasteiger partial charge on any atom is -0.452 e. The van der Waals surface area contributed by atoms with Crippen LogP contribution in [0.1, 0.15) is 0 Å². The van der Waals surface area contributed by atoms with Crippen LogP contribution in [0.3, 0.4) is 0 Å². The quantitative estimate of drug-likeness (QED) is 0.762. The number of amides is 1. The van der Waals surface area contributed by atoms with Crippen molar-refractivity contribution in [3.8, 4) is 0 Å². The van der Waals surface area contributed by atoms with E-state index in [0.29, 0.717) is 21.2 Å². The standard InChI is InChI=1S/C14H10Cl2N4O2/c1-22-14(21)20(12-8(15)3-2-4-9(12)16)13-11-10(5-6-17-13)18-7-19-11/h2-7H,1H3,(H,18,19). The number of ether oxygens (including phenoxy) is 1. The minimum absolute atomic E-state index is 0.278. The lowest BCUT2D eigenvalue weighted by atomic mass is 10.2. The number of imidazole rings is 1. The Morgan fingerprint density at radius 3 is 2.64 bits per heavy atom. The fourth-order valence-corrected chi connectivity index (χ4v) is 2.66. The highest BCUT2D eigenvalue weighted by Crippen LogP contribution is 2.39. The molecular formula is C14H10Cl2N4O2. The first-order chi connectivity index (χ1) is 10.6. The second-order valence-electron chi connectivity index (χ2n) is 4.31. The van der Waals surface area contributed by atoms with Crippen LogP contribution in [0.5, 0.6) is 0 Å². The fourth-order valence-electron chi connectivity index (χ4n) is 2.09. The number of nitrogens with one attached hydrogen (secondary N) is 1. The van der Waals surface area contributed by atoms with Gasteiger partial charge in [0.25, 0.3) is 0 Å². The van der Waals surface area contributed by atoms with E-state index in [2.05, 4.69) is 15.0 Å². The highest BCUT2D eigenvalue weighted by atomic mass is 35.5. The summed E-state index contributed by atoms with van der Waals surface area (Å²) in [6, 6.07) is 6.69. The fraction of sp³-hybridized carbons (Fsp3) is 0.0714. The molecule has 0 saturated heterocycles. The van der Waals surface area contributed by atoms with Crippen molar-refractivity contribution in [2.75, 3.05) is 12.0 Å². The van der Waals surface area contributed by atoms with E-state index in [1.54, 1.807) is 30.5 Å². The third-order valence-electron chi connectivity index (χ3n) is 3.05. The number of hydrogen-bond acceptors (Lipinski definition) is 4. The summed E-state index contributed by atoms with van der Waals surface area (Å²) in [5.74, 6) is 0.278. The van der Waals surface area contributed by atoms with E-state index < -0.39 is 6.09 Å². The molecule has 2 heterocycles. The van der Waals surface area contributed by atoms with Crippen LogP contribution < -0.4 is 4.90 Å². The van der Waals surface area contributed by atoms with Gasteiger partial charge < -0.3 is 9.72 Å². The van der Waals surface area contributed by atoms with Crippen LogP contribution >= 0.6 is 23.2 Å². The number of hydrogen-bond donors (Lipinski definition) is 1. The van der Waals surface area contributed by atoms with E-state index >= 15 is 0 Å². The highest BCUT2D eigenvalue weighted by molar-refractivity contribution is 6.40. The number of para-hydroxylation sites is 1. The number of rotatable bonds is 2. The number of aromatic nitrogens is 3. The van der Waals surface area contributed by atoms with Crippen molar-refractivity contribution in [3.05, 3.63) is 46.8 Å². The number of anilines is 2. The molecule has 0 aliphatic rings. The molecule has 0 aliphatic heterocycles. The van der Waals surface area contributed by atoms with Gasteiger partial charge in [-0.2, -0.15) is 0 Å². The molecule has 0 atom stereocenters. The second kappa shape index (κ2) is 5.82. The first-order valence-electron chi connectivity index (χ1n) is 6.23. The van der Waals surface area contributed by atoms with Gasteiger partial charge in [-0.1, -0.05) is 29.3 Å². The zero-order valence-electron chi connectivity index (χ0n) is 11.4. The van der Waals surface area contributed by atoms with Crippen LogP contribution in [0.25, 0.3) is 11.0 Å². The van der Waals surface area contributed by atoms with Crippen molar-refractivity contribution >= 4 is 51.8 Å². The van der Waals surface area contributed by atoms with Crippen molar-refractivity contribution in [3.63, 3.8) is 0 Å². The first-order valence-corrected chi connectivity index (χ1v) is 6.99. The molecule has 1 N–H and O–H groups in total. The van der Waals surface area contributed by atoms with E-state index in [1.165, 1.54) is 18.3 Å². The molecular weight excluding hydrogens is 327 g/mol. The summed E-state index contributed by atoms with van der Waals surface area (Å²) in [5, 5.41) is 0.597. The van der Waals surface area contributed by atoms with Gasteiger partial charge in [-0.05, 0) is 18.2 Å². The van der Waals surface area contributed by atoms with Crippen LogP contribution in [-0.4, -0.2) is 28.2 Å². The Labute approximate surface area is 135 Å². The maximum atomic E-state index is 12.3. The Morgan fingerprint density at radius 1 is 1.23 bits per heavy atom. The molecule has 0 spiro atoms. The lowest BCUT2D eigenvalue weighted by Crippen LogP contribution is -2.27. The number of halogens is 2. The van der Waals surface area contributed by atoms with Crippen molar-refractivity contribution in [1.29, 1.82) is 0 Å². The summed E-state index contributed by atoms with van der Waals surface area (Å²) in [5.41, 5.74) is 1.52. The molecule has 1 aromatic carbocycles. The Bertz CT molecular complexity index is 829. The van der Waals surface area contributed by atoms with Gasteiger partial charge >= 0.3 is 6.09 Å². The van der Waals surface area contributed by atoms with Crippen LogP contribution in [0.15, 0.2) is 36.8 Å². The predicted molar refractivity (Wildman–Crippen MR) is 84.9 cm³/mol. The van der Waals surface area contributed by atoms with Crippen molar-refractivity contribution in [1.82, 2.24) is 15.0 Å². The average molecular weight is 337 g/mol. The number of nitrogens with zero attached hydrogens (tertiary/aromatic N) is 3. The smallest absolute Gasteiger partial charge is 0.420 e. The number of aromatic amines is 1. The maximum absolute atomic E-state index is 12.3. The van der Waals surface area contributed by atoms with E-state index in [9.17, 15) is 4.79 Å². The lowest BCUT2D eigenvalue weighted by molar-refractivity contribution is 0.181. The molecule has 3 aromatic rings. The Hall–Kier alpha value is -2.31. The van der Waals surface area contributed by atoms with Crippen molar-refractivity contribution < 1.29 is 9.53 Å². The van der Waals surface area contributed by atoms with Gasteiger partial charge in [0.05, 0.1) is 34.7 Å². The molecule has 0 radical (unpaired) electrons. The summed E-state index contributed by atoms with van der Waals surface area (Å²) in [7, 11) is 1.27. The molecule has 22 heavy (non-hydrogen) atoms. The van der Waals surface area contributed by atoms with Crippen LogP contribution in [0.4, 0.5) is 16.3 Å². The normalized spacial score (nSPS) is 10.7.